The Morgan fingerprint density at radius 1 is 0.881 bits per heavy atom. The molecule has 6 saturated carbocycles. The third-order valence-corrected chi connectivity index (χ3v) is 13.3. The summed E-state index contributed by atoms with van der Waals surface area (Å²) in [6, 6.07) is 0.697. The van der Waals surface area contributed by atoms with Crippen LogP contribution in [0.15, 0.2) is 0 Å². The predicted octanol–water partition coefficient (Wildman–Crippen LogP) is 4.89. The van der Waals surface area contributed by atoms with Crippen molar-refractivity contribution >= 4 is 17.6 Å². The van der Waals surface area contributed by atoms with Crippen molar-refractivity contribution in [1.29, 1.82) is 0 Å². The number of Topliss-reactive ketones (excluding diaryl/α,β-unsaturated/α-hetero) is 2. The molecule has 0 bridgehead atoms. The van der Waals surface area contributed by atoms with Gasteiger partial charge in [0.1, 0.15) is 18.0 Å². The number of urea groups is 1. The Kier molecular flexibility index (Phi) is 9.47. The van der Waals surface area contributed by atoms with Gasteiger partial charge < -0.3 is 26.0 Å². The first-order chi connectivity index (χ1) is 20.0. The minimum absolute atomic E-state index is 0.0154. The van der Waals surface area contributed by atoms with Gasteiger partial charge in [0.25, 0.3) is 0 Å². The van der Waals surface area contributed by atoms with Gasteiger partial charge >= 0.3 is 6.03 Å². The van der Waals surface area contributed by atoms with Crippen molar-refractivity contribution in [2.75, 3.05) is 6.61 Å². The Bertz CT molecular complexity index is 990. The normalized spacial score (nSPS) is 42.4. The molecule has 8 nitrogen and oxygen atoms in total. The zero-order valence-electron chi connectivity index (χ0n) is 26.1. The maximum atomic E-state index is 13.4. The molecule has 0 aromatic carbocycles. The average molecular weight is 589 g/mol. The summed E-state index contributed by atoms with van der Waals surface area (Å²) >= 11 is 0. The number of aliphatic hydroxyl groups excluding tert-OH is 2. The number of carbonyl (C=O) groups excluding carboxylic acids is 3. The fraction of sp³-hybridized carbons (Fsp3) is 0.912. The van der Waals surface area contributed by atoms with Crippen LogP contribution in [-0.2, 0) is 9.59 Å². The van der Waals surface area contributed by atoms with E-state index in [0.29, 0.717) is 24.4 Å². The number of aliphatic hydroxyl groups is 3. The van der Waals surface area contributed by atoms with E-state index in [4.69, 9.17) is 5.73 Å². The SMILES string of the molecule is C[C@]12CC[C@@H](O)C[C@H]1CC[C@@H]1[C@@H]2C(=O)C[C@@]2(C)[C@H]1CC[C@]2(O)C(=O)CO.NC(=O)N(C1CCCCC1)C1CCCCC1. The summed E-state index contributed by atoms with van der Waals surface area (Å²) in [6.07, 6.45) is 17.9. The maximum Gasteiger partial charge on any atom is 0.315 e. The van der Waals surface area contributed by atoms with Crippen LogP contribution >= 0.6 is 0 Å². The van der Waals surface area contributed by atoms with E-state index in [1.54, 1.807) is 0 Å². The summed E-state index contributed by atoms with van der Waals surface area (Å²) in [5, 5.41) is 30.6. The molecule has 0 aromatic rings. The van der Waals surface area contributed by atoms with Crippen molar-refractivity contribution in [3.8, 4) is 0 Å². The van der Waals surface area contributed by atoms with Gasteiger partial charge in [-0.3, -0.25) is 9.59 Å². The highest BCUT2D eigenvalue weighted by Crippen LogP contribution is 2.67. The lowest BCUT2D eigenvalue weighted by atomic mass is 9.44. The standard InChI is InChI=1S/C21H32O5.C13H24N2O/c1-19-7-5-13(23)9-12(19)3-4-14-15-6-8-21(26,17(25)11-22)20(15,2)10-16(24)18(14)19;14-13(16)15(11-7-3-1-4-8-11)12-9-5-2-6-10-12/h12-15,18,22-23,26H,3-11H2,1-2H3;11-12H,1-10H2,(H2,14,16)/t12-,13-,14+,15+,18-,19+,20+,21+;/m1./s1. The fourth-order valence-corrected chi connectivity index (χ4v) is 11.0. The molecule has 0 heterocycles. The van der Waals surface area contributed by atoms with Gasteiger partial charge in [0.15, 0.2) is 5.78 Å². The first kappa shape index (κ1) is 31.9. The quantitative estimate of drug-likeness (QED) is 0.368. The number of amides is 2. The highest BCUT2D eigenvalue weighted by Gasteiger charge is 2.68. The van der Waals surface area contributed by atoms with Crippen LogP contribution in [-0.4, -0.2) is 68.2 Å². The van der Waals surface area contributed by atoms with Crippen LogP contribution < -0.4 is 5.73 Å². The van der Waals surface area contributed by atoms with Crippen molar-refractivity contribution in [3.05, 3.63) is 0 Å². The number of rotatable bonds is 4. The molecule has 0 unspecified atom stereocenters. The molecule has 0 spiro atoms. The molecule has 5 N–H and O–H groups in total. The Morgan fingerprint density at radius 3 is 2.02 bits per heavy atom. The van der Waals surface area contributed by atoms with Crippen LogP contribution in [0.4, 0.5) is 4.79 Å². The van der Waals surface area contributed by atoms with Gasteiger partial charge in [-0.05, 0) is 93.8 Å². The lowest BCUT2D eigenvalue weighted by molar-refractivity contribution is -0.180. The van der Waals surface area contributed by atoms with E-state index in [1.807, 2.05) is 11.8 Å². The molecule has 6 fully saturated rings. The van der Waals surface area contributed by atoms with Gasteiger partial charge in [-0.1, -0.05) is 52.4 Å². The number of fused-ring (bicyclic) bond motifs is 5. The van der Waals surface area contributed by atoms with Crippen LogP contribution in [0.3, 0.4) is 0 Å². The molecule has 6 aliphatic carbocycles. The molecule has 6 rings (SSSR count). The van der Waals surface area contributed by atoms with E-state index in [9.17, 15) is 29.7 Å². The number of hydrogen-bond donors (Lipinski definition) is 4. The van der Waals surface area contributed by atoms with Crippen molar-refractivity contribution in [2.24, 2.45) is 40.2 Å². The number of primary amides is 1. The van der Waals surface area contributed by atoms with Gasteiger partial charge in [-0.15, -0.1) is 0 Å². The van der Waals surface area contributed by atoms with Crippen molar-refractivity contribution < 1.29 is 29.7 Å². The molecule has 0 aliphatic heterocycles. The Labute approximate surface area is 252 Å². The third-order valence-electron chi connectivity index (χ3n) is 13.3. The van der Waals surface area contributed by atoms with Gasteiger partial charge in [-0.25, -0.2) is 4.79 Å². The zero-order chi connectivity index (χ0) is 30.3. The lowest BCUT2D eigenvalue weighted by Gasteiger charge is -2.60. The molecule has 8 heteroatoms. The van der Waals surface area contributed by atoms with E-state index >= 15 is 0 Å². The Hall–Kier alpha value is -1.51. The molecule has 0 aromatic heterocycles. The lowest BCUT2D eigenvalue weighted by Crippen LogP contribution is -2.62. The molecule has 0 radical (unpaired) electrons. The summed E-state index contributed by atoms with van der Waals surface area (Å²) in [7, 11) is 0. The van der Waals surface area contributed by atoms with E-state index in [0.717, 1.165) is 38.5 Å². The minimum atomic E-state index is -1.58. The van der Waals surface area contributed by atoms with Crippen molar-refractivity contribution in [3.63, 3.8) is 0 Å². The minimum Gasteiger partial charge on any atom is -0.393 e. The molecular formula is C34H56N2O6. The summed E-state index contributed by atoms with van der Waals surface area (Å²) in [5.41, 5.74) is 3.18. The molecule has 8 atom stereocenters. The Balaban J connectivity index is 0.000000189. The maximum absolute atomic E-state index is 13.4. The summed E-state index contributed by atoms with van der Waals surface area (Å²) in [4.78, 5) is 39.4. The second-order valence-corrected chi connectivity index (χ2v) is 15.3. The van der Waals surface area contributed by atoms with E-state index < -0.39 is 23.4 Å². The van der Waals surface area contributed by atoms with Crippen molar-refractivity contribution in [2.45, 2.75) is 153 Å². The van der Waals surface area contributed by atoms with Crippen LogP contribution in [0.1, 0.15) is 129 Å². The van der Waals surface area contributed by atoms with Gasteiger partial charge in [0.05, 0.1) is 6.10 Å². The first-order valence-electron chi connectivity index (χ1n) is 17.1. The smallest absolute Gasteiger partial charge is 0.315 e. The van der Waals surface area contributed by atoms with Crippen LogP contribution in [0.25, 0.3) is 0 Å². The van der Waals surface area contributed by atoms with Gasteiger partial charge in [0, 0.05) is 29.8 Å². The average Bonchev–Trinajstić information content (AvgIpc) is 3.25. The largest absolute Gasteiger partial charge is 0.393 e. The first-order valence-corrected chi connectivity index (χ1v) is 17.1. The molecule has 42 heavy (non-hydrogen) atoms. The fourth-order valence-electron chi connectivity index (χ4n) is 11.0. The number of nitrogens with two attached hydrogens (primary N) is 1. The van der Waals surface area contributed by atoms with E-state index in [1.165, 1.54) is 64.2 Å². The third kappa shape index (κ3) is 5.47. The molecule has 2 amide bonds. The van der Waals surface area contributed by atoms with Gasteiger partial charge in [0.2, 0.25) is 0 Å². The number of ketones is 2. The second-order valence-electron chi connectivity index (χ2n) is 15.3. The number of nitrogens with zero attached hydrogens (tertiary/aromatic N) is 1. The number of carbonyl (C=O) groups is 3. The van der Waals surface area contributed by atoms with Crippen LogP contribution in [0.5, 0.6) is 0 Å². The summed E-state index contributed by atoms with van der Waals surface area (Å²) in [6.45, 7) is 3.46. The van der Waals surface area contributed by atoms with Crippen molar-refractivity contribution in [1.82, 2.24) is 4.90 Å². The topological polar surface area (TPSA) is 141 Å². The second kappa shape index (κ2) is 12.5. The molecule has 6 aliphatic rings. The highest BCUT2D eigenvalue weighted by molar-refractivity contribution is 5.92. The monoisotopic (exact) mass is 588 g/mol. The van der Waals surface area contributed by atoms with Gasteiger partial charge in [-0.2, -0.15) is 0 Å². The predicted molar refractivity (Wildman–Crippen MR) is 160 cm³/mol. The molecular weight excluding hydrogens is 532 g/mol. The van der Waals surface area contributed by atoms with E-state index in [-0.39, 0.29) is 47.5 Å². The summed E-state index contributed by atoms with van der Waals surface area (Å²) in [5.74, 6) is 0.380. The highest BCUT2D eigenvalue weighted by atomic mass is 16.3. The molecule has 0 saturated heterocycles. The van der Waals surface area contributed by atoms with E-state index in [2.05, 4.69) is 6.92 Å². The Morgan fingerprint density at radius 2 is 1.48 bits per heavy atom. The van der Waals surface area contributed by atoms with Crippen LogP contribution in [0, 0.1) is 34.5 Å². The number of hydrogen-bond acceptors (Lipinski definition) is 6. The molecule has 238 valence electrons. The zero-order valence-corrected chi connectivity index (χ0v) is 26.1. The summed E-state index contributed by atoms with van der Waals surface area (Å²) < 4.78 is 0. The van der Waals surface area contributed by atoms with Crippen LogP contribution in [0.2, 0.25) is 0 Å².